The van der Waals surface area contributed by atoms with E-state index in [0.29, 0.717) is 6.54 Å². The maximum absolute atomic E-state index is 12.0. The lowest BCUT2D eigenvalue weighted by molar-refractivity contribution is 0.252. The summed E-state index contributed by atoms with van der Waals surface area (Å²) in [7, 11) is 2.05. The Morgan fingerprint density at radius 3 is 2.50 bits per heavy atom. The van der Waals surface area contributed by atoms with Gasteiger partial charge in [-0.3, -0.25) is 0 Å². The number of urea groups is 1. The number of carbonyl (C=O) groups is 1. The number of aryl methyl sites for hydroxylation is 1. The summed E-state index contributed by atoms with van der Waals surface area (Å²) in [6.07, 6.45) is 1.79. The second-order valence-corrected chi connectivity index (χ2v) is 7.36. The zero-order valence-electron chi connectivity index (χ0n) is 14.9. The number of benzene rings is 2. The second-order valence-electron chi connectivity index (χ2n) is 6.04. The van der Waals surface area contributed by atoms with Crippen LogP contribution >= 0.6 is 11.3 Å². The van der Waals surface area contributed by atoms with Gasteiger partial charge in [-0.1, -0.05) is 30.3 Å². The van der Waals surface area contributed by atoms with E-state index in [1.54, 1.807) is 17.5 Å². The Hall–Kier alpha value is -2.86. The maximum atomic E-state index is 12.0. The van der Waals surface area contributed by atoms with Crippen molar-refractivity contribution in [1.29, 1.82) is 0 Å². The monoisotopic (exact) mass is 366 g/mol. The number of thiazole rings is 1. The average Bonchev–Trinajstić information content (AvgIpc) is 3.07. The Morgan fingerprint density at radius 1 is 1.12 bits per heavy atom. The molecular weight excluding hydrogens is 344 g/mol. The molecule has 3 rings (SSSR count). The lowest BCUT2D eigenvalue weighted by atomic mass is 10.2. The molecule has 0 aliphatic carbocycles. The molecule has 3 aromatic rings. The van der Waals surface area contributed by atoms with E-state index in [9.17, 15) is 4.79 Å². The van der Waals surface area contributed by atoms with Crippen molar-refractivity contribution < 1.29 is 4.79 Å². The third kappa shape index (κ3) is 5.07. The first-order chi connectivity index (χ1) is 12.6. The highest BCUT2D eigenvalue weighted by Crippen LogP contribution is 2.19. The fourth-order valence-electron chi connectivity index (χ4n) is 2.58. The van der Waals surface area contributed by atoms with Gasteiger partial charge in [0, 0.05) is 36.0 Å². The number of nitrogens with one attached hydrogen (secondary N) is 2. The van der Waals surface area contributed by atoms with Gasteiger partial charge in [-0.25, -0.2) is 9.78 Å². The molecule has 134 valence electrons. The summed E-state index contributed by atoms with van der Waals surface area (Å²) in [6.45, 7) is 3.27. The van der Waals surface area contributed by atoms with Gasteiger partial charge in [0.2, 0.25) is 0 Å². The topological polar surface area (TPSA) is 57.3 Å². The van der Waals surface area contributed by atoms with Crippen LogP contribution in [0.1, 0.15) is 15.4 Å². The summed E-state index contributed by atoms with van der Waals surface area (Å²) in [5.74, 6) is 0. The minimum absolute atomic E-state index is 0.221. The molecule has 26 heavy (non-hydrogen) atoms. The molecule has 1 heterocycles. The Kier molecular flexibility index (Phi) is 5.86. The quantitative estimate of drug-likeness (QED) is 0.679. The molecule has 0 radical (unpaired) electrons. The van der Waals surface area contributed by atoms with Crippen LogP contribution < -0.4 is 15.5 Å². The van der Waals surface area contributed by atoms with E-state index in [-0.39, 0.29) is 6.03 Å². The fraction of sp³-hybridized carbons (Fsp3) is 0.200. The van der Waals surface area contributed by atoms with Gasteiger partial charge < -0.3 is 15.5 Å². The smallest absolute Gasteiger partial charge is 0.319 e. The van der Waals surface area contributed by atoms with Crippen molar-refractivity contribution in [3.05, 3.63) is 76.2 Å². The summed E-state index contributed by atoms with van der Waals surface area (Å²) in [6, 6.07) is 17.9. The third-order valence-electron chi connectivity index (χ3n) is 3.92. The van der Waals surface area contributed by atoms with E-state index in [2.05, 4.69) is 39.7 Å². The summed E-state index contributed by atoms with van der Waals surface area (Å²) >= 11 is 1.58. The van der Waals surface area contributed by atoms with E-state index >= 15 is 0 Å². The van der Waals surface area contributed by atoms with Gasteiger partial charge in [0.15, 0.2) is 0 Å². The largest absolute Gasteiger partial charge is 0.370 e. The van der Waals surface area contributed by atoms with Gasteiger partial charge in [0.1, 0.15) is 0 Å². The summed E-state index contributed by atoms with van der Waals surface area (Å²) < 4.78 is 0. The normalized spacial score (nSPS) is 10.4. The average molecular weight is 366 g/mol. The molecular formula is C20H22N4OS. The standard InChI is InChI=1S/C20H22N4OS/c1-15-21-12-19(26-15)13-22-20(25)23-17-8-10-18(11-9-17)24(2)14-16-6-4-3-5-7-16/h3-12H,13-14H2,1-2H3,(H2,22,23,25). The molecule has 0 aliphatic heterocycles. The van der Waals surface area contributed by atoms with Gasteiger partial charge in [-0.15, -0.1) is 11.3 Å². The number of aromatic nitrogens is 1. The Bertz CT molecular complexity index is 846. The van der Waals surface area contributed by atoms with Crippen molar-refractivity contribution in [2.75, 3.05) is 17.3 Å². The van der Waals surface area contributed by atoms with E-state index in [1.807, 2.05) is 49.4 Å². The zero-order chi connectivity index (χ0) is 18.4. The van der Waals surface area contributed by atoms with Crippen LogP contribution in [0.4, 0.5) is 16.2 Å². The van der Waals surface area contributed by atoms with E-state index in [4.69, 9.17) is 0 Å². The first kappa shape index (κ1) is 17.9. The number of rotatable bonds is 6. The first-order valence-electron chi connectivity index (χ1n) is 8.41. The van der Waals surface area contributed by atoms with Gasteiger partial charge >= 0.3 is 6.03 Å². The number of carbonyl (C=O) groups excluding carboxylic acids is 1. The van der Waals surface area contributed by atoms with Crippen molar-refractivity contribution in [1.82, 2.24) is 10.3 Å². The lowest BCUT2D eigenvalue weighted by Crippen LogP contribution is -2.27. The summed E-state index contributed by atoms with van der Waals surface area (Å²) in [4.78, 5) is 19.4. The molecule has 0 aliphatic rings. The van der Waals surface area contributed by atoms with E-state index < -0.39 is 0 Å². The second kappa shape index (κ2) is 8.49. The Labute approximate surface area is 157 Å². The molecule has 0 saturated carbocycles. The molecule has 2 aromatic carbocycles. The van der Waals surface area contributed by atoms with Crippen LogP contribution in [0, 0.1) is 6.92 Å². The van der Waals surface area contributed by atoms with Crippen molar-refractivity contribution >= 4 is 28.7 Å². The molecule has 2 N–H and O–H groups in total. The van der Waals surface area contributed by atoms with Gasteiger partial charge in [0.05, 0.1) is 11.6 Å². The SMILES string of the molecule is Cc1ncc(CNC(=O)Nc2ccc(N(C)Cc3ccccc3)cc2)s1. The van der Waals surface area contributed by atoms with Crippen LogP contribution in [0.25, 0.3) is 0 Å². The third-order valence-corrected chi connectivity index (χ3v) is 4.83. The highest BCUT2D eigenvalue weighted by atomic mass is 32.1. The minimum Gasteiger partial charge on any atom is -0.370 e. The zero-order valence-corrected chi connectivity index (χ0v) is 15.7. The molecule has 2 amide bonds. The van der Waals surface area contributed by atoms with Crippen LogP contribution in [-0.2, 0) is 13.1 Å². The van der Waals surface area contributed by atoms with Crippen LogP contribution in [0.2, 0.25) is 0 Å². The molecule has 0 unspecified atom stereocenters. The number of nitrogens with zero attached hydrogens (tertiary/aromatic N) is 2. The molecule has 0 bridgehead atoms. The fourth-order valence-corrected chi connectivity index (χ4v) is 3.31. The molecule has 0 atom stereocenters. The van der Waals surface area contributed by atoms with Crippen molar-refractivity contribution in [3.63, 3.8) is 0 Å². The predicted molar refractivity (Wildman–Crippen MR) is 108 cm³/mol. The molecule has 6 heteroatoms. The van der Waals surface area contributed by atoms with Crippen LogP contribution in [0.3, 0.4) is 0 Å². The molecule has 1 aromatic heterocycles. The molecule has 0 fully saturated rings. The summed E-state index contributed by atoms with van der Waals surface area (Å²) in [5.41, 5.74) is 3.12. The van der Waals surface area contributed by atoms with E-state index in [0.717, 1.165) is 27.8 Å². The first-order valence-corrected chi connectivity index (χ1v) is 9.23. The minimum atomic E-state index is -0.221. The number of hydrogen-bond donors (Lipinski definition) is 2. The van der Waals surface area contributed by atoms with Crippen molar-refractivity contribution in [2.45, 2.75) is 20.0 Å². The maximum Gasteiger partial charge on any atom is 0.319 e. The van der Waals surface area contributed by atoms with Gasteiger partial charge in [0.25, 0.3) is 0 Å². The number of amides is 2. The molecule has 5 nitrogen and oxygen atoms in total. The van der Waals surface area contributed by atoms with Crippen molar-refractivity contribution in [3.8, 4) is 0 Å². The van der Waals surface area contributed by atoms with Crippen LogP contribution in [-0.4, -0.2) is 18.1 Å². The Balaban J connectivity index is 1.51. The lowest BCUT2D eigenvalue weighted by Gasteiger charge is -2.19. The molecule has 0 spiro atoms. The highest BCUT2D eigenvalue weighted by Gasteiger charge is 2.05. The number of anilines is 2. The van der Waals surface area contributed by atoms with Crippen LogP contribution in [0.5, 0.6) is 0 Å². The van der Waals surface area contributed by atoms with E-state index in [1.165, 1.54) is 5.56 Å². The number of hydrogen-bond acceptors (Lipinski definition) is 4. The molecule has 0 saturated heterocycles. The van der Waals surface area contributed by atoms with Gasteiger partial charge in [-0.2, -0.15) is 0 Å². The van der Waals surface area contributed by atoms with Crippen LogP contribution in [0.15, 0.2) is 60.8 Å². The Morgan fingerprint density at radius 2 is 1.85 bits per heavy atom. The van der Waals surface area contributed by atoms with Crippen molar-refractivity contribution in [2.24, 2.45) is 0 Å². The highest BCUT2D eigenvalue weighted by molar-refractivity contribution is 7.11. The summed E-state index contributed by atoms with van der Waals surface area (Å²) in [5, 5.41) is 6.69. The predicted octanol–water partition coefficient (Wildman–Crippen LogP) is 4.41. The van der Waals surface area contributed by atoms with Gasteiger partial charge in [-0.05, 0) is 36.8 Å².